The van der Waals surface area contributed by atoms with Crippen LogP contribution in [0.25, 0.3) is 0 Å². The van der Waals surface area contributed by atoms with Crippen LogP contribution in [0.5, 0.6) is 0 Å². The molecule has 0 aromatic heterocycles. The van der Waals surface area contributed by atoms with E-state index in [-0.39, 0.29) is 22.3 Å². The Morgan fingerprint density at radius 1 is 0.762 bits per heavy atom. The molecule has 2 N–H and O–H groups in total. The Bertz CT molecular complexity index is 734. The van der Waals surface area contributed by atoms with E-state index in [2.05, 4.69) is 0 Å². The summed E-state index contributed by atoms with van der Waals surface area (Å²) < 4.78 is 0. The van der Waals surface area contributed by atoms with Crippen molar-refractivity contribution in [2.75, 3.05) is 5.73 Å². The van der Waals surface area contributed by atoms with Gasteiger partial charge in [-0.25, -0.2) is 0 Å². The van der Waals surface area contributed by atoms with Crippen LogP contribution in [0.2, 0.25) is 0 Å². The van der Waals surface area contributed by atoms with Gasteiger partial charge in [-0.3, -0.25) is 4.79 Å². The lowest BCUT2D eigenvalue weighted by Crippen LogP contribution is -2.27. The standard InChI is InChI=1S/C15H11NO5/c16-10-4-1-8(2-5-10)13(17)12-7-9(14(18)19)3-6-11(12)15(20)21/h1-7H,16H2,(H,18,19)(H,20,21)/p-2. The minimum absolute atomic E-state index is 0.183. The summed E-state index contributed by atoms with van der Waals surface area (Å²) in [5.74, 6) is -3.72. The molecule has 2 aromatic carbocycles. The van der Waals surface area contributed by atoms with Crippen molar-refractivity contribution in [3.63, 3.8) is 0 Å². The number of hydrogen-bond acceptors (Lipinski definition) is 6. The van der Waals surface area contributed by atoms with Crippen LogP contribution in [0.3, 0.4) is 0 Å². The predicted molar refractivity (Wildman–Crippen MR) is 69.4 cm³/mol. The lowest BCUT2D eigenvalue weighted by Gasteiger charge is -2.12. The first-order valence-corrected chi connectivity index (χ1v) is 5.87. The SMILES string of the molecule is Nc1ccc(C(=O)c2cc(C(=O)[O-])ccc2C(=O)[O-])cc1. The fourth-order valence-electron chi connectivity index (χ4n) is 1.83. The maximum absolute atomic E-state index is 12.3. The molecule has 6 nitrogen and oxygen atoms in total. The van der Waals surface area contributed by atoms with Crippen LogP contribution in [0, 0.1) is 0 Å². The van der Waals surface area contributed by atoms with E-state index in [1.165, 1.54) is 24.3 Å². The second-order valence-electron chi connectivity index (χ2n) is 4.29. The van der Waals surface area contributed by atoms with Crippen molar-refractivity contribution in [1.82, 2.24) is 0 Å². The van der Waals surface area contributed by atoms with E-state index in [4.69, 9.17) is 5.73 Å². The molecule has 0 bridgehead atoms. The van der Waals surface area contributed by atoms with Crippen molar-refractivity contribution in [3.8, 4) is 0 Å². The predicted octanol–water partition coefficient (Wildman–Crippen LogP) is -0.773. The Kier molecular flexibility index (Phi) is 3.71. The average Bonchev–Trinajstić information content (AvgIpc) is 2.46. The number of carboxylic acids is 2. The van der Waals surface area contributed by atoms with Gasteiger partial charge in [-0.1, -0.05) is 12.1 Å². The maximum Gasteiger partial charge on any atom is 0.193 e. The molecule has 0 unspecified atom stereocenters. The smallest absolute Gasteiger partial charge is 0.193 e. The number of ketones is 1. The number of rotatable bonds is 4. The number of carbonyl (C=O) groups excluding carboxylic acids is 3. The van der Waals surface area contributed by atoms with Crippen molar-refractivity contribution >= 4 is 23.4 Å². The third-order valence-corrected chi connectivity index (χ3v) is 2.89. The van der Waals surface area contributed by atoms with Gasteiger partial charge in [0.2, 0.25) is 0 Å². The Morgan fingerprint density at radius 2 is 1.33 bits per heavy atom. The highest BCUT2D eigenvalue weighted by Gasteiger charge is 2.15. The van der Waals surface area contributed by atoms with Crippen LogP contribution in [-0.2, 0) is 0 Å². The number of carboxylic acid groups (broad SMARTS) is 2. The third kappa shape index (κ3) is 2.89. The van der Waals surface area contributed by atoms with Crippen LogP contribution in [-0.4, -0.2) is 17.7 Å². The van der Waals surface area contributed by atoms with E-state index in [1.54, 1.807) is 0 Å². The Hall–Kier alpha value is -3.15. The van der Waals surface area contributed by atoms with E-state index < -0.39 is 17.7 Å². The number of nitrogen functional groups attached to an aromatic ring is 1. The minimum Gasteiger partial charge on any atom is -0.545 e. The summed E-state index contributed by atoms with van der Waals surface area (Å²) >= 11 is 0. The molecule has 106 valence electrons. The molecule has 0 saturated carbocycles. The van der Waals surface area contributed by atoms with Crippen LogP contribution in [0.4, 0.5) is 5.69 Å². The molecular formula is C15H9NO5-2. The molecule has 2 rings (SSSR count). The molecule has 0 saturated heterocycles. The van der Waals surface area contributed by atoms with Crippen molar-refractivity contribution in [2.45, 2.75) is 0 Å². The molecule has 0 aliphatic carbocycles. The molecule has 6 heteroatoms. The summed E-state index contributed by atoms with van der Waals surface area (Å²) in [4.78, 5) is 34.2. The van der Waals surface area contributed by atoms with Crippen LogP contribution >= 0.6 is 0 Å². The highest BCUT2D eigenvalue weighted by Crippen LogP contribution is 2.17. The summed E-state index contributed by atoms with van der Waals surface area (Å²) in [6.45, 7) is 0. The van der Waals surface area contributed by atoms with Crippen molar-refractivity contribution in [3.05, 3.63) is 64.7 Å². The van der Waals surface area contributed by atoms with Gasteiger partial charge in [0.15, 0.2) is 5.78 Å². The minimum atomic E-state index is -1.57. The van der Waals surface area contributed by atoms with Gasteiger partial charge < -0.3 is 25.5 Å². The van der Waals surface area contributed by atoms with Crippen LogP contribution in [0.15, 0.2) is 42.5 Å². The topological polar surface area (TPSA) is 123 Å². The summed E-state index contributed by atoms with van der Waals surface area (Å²) in [6.07, 6.45) is 0. The molecule has 0 amide bonds. The molecule has 2 aromatic rings. The van der Waals surface area contributed by atoms with E-state index in [0.717, 1.165) is 18.2 Å². The van der Waals surface area contributed by atoms with Gasteiger partial charge in [0.05, 0.1) is 11.9 Å². The molecule has 0 fully saturated rings. The number of hydrogen-bond donors (Lipinski definition) is 1. The van der Waals surface area contributed by atoms with Gasteiger partial charge in [-0.15, -0.1) is 0 Å². The molecule has 0 radical (unpaired) electrons. The van der Waals surface area contributed by atoms with Crippen molar-refractivity contribution in [2.24, 2.45) is 0 Å². The number of nitrogens with two attached hydrogens (primary N) is 1. The van der Waals surface area contributed by atoms with Gasteiger partial charge >= 0.3 is 0 Å². The third-order valence-electron chi connectivity index (χ3n) is 2.89. The van der Waals surface area contributed by atoms with Gasteiger partial charge in [0.1, 0.15) is 0 Å². The number of anilines is 1. The highest BCUT2D eigenvalue weighted by atomic mass is 16.4. The lowest BCUT2D eigenvalue weighted by molar-refractivity contribution is -0.256. The first kappa shape index (κ1) is 14.3. The second-order valence-corrected chi connectivity index (χ2v) is 4.29. The summed E-state index contributed by atoms with van der Waals surface area (Å²) in [6, 6.07) is 8.80. The van der Waals surface area contributed by atoms with Crippen LogP contribution < -0.4 is 15.9 Å². The first-order valence-electron chi connectivity index (χ1n) is 5.87. The molecule has 0 aliphatic heterocycles. The van der Waals surface area contributed by atoms with Crippen molar-refractivity contribution < 1.29 is 24.6 Å². The summed E-state index contributed by atoms with van der Waals surface area (Å²) in [5.41, 5.74) is 5.17. The van der Waals surface area contributed by atoms with Crippen LogP contribution in [0.1, 0.15) is 36.6 Å². The molecule has 21 heavy (non-hydrogen) atoms. The molecular weight excluding hydrogens is 274 g/mol. The van der Waals surface area contributed by atoms with E-state index in [0.29, 0.717) is 5.69 Å². The molecule has 0 aliphatic rings. The Labute approximate surface area is 119 Å². The lowest BCUT2D eigenvalue weighted by atomic mass is 9.96. The number of aromatic carboxylic acids is 2. The Balaban J connectivity index is 2.56. The largest absolute Gasteiger partial charge is 0.545 e. The normalized spacial score (nSPS) is 10.1. The summed E-state index contributed by atoms with van der Waals surface area (Å²) in [7, 11) is 0. The number of benzene rings is 2. The monoisotopic (exact) mass is 283 g/mol. The van der Waals surface area contributed by atoms with E-state index >= 15 is 0 Å². The fraction of sp³-hybridized carbons (Fsp3) is 0. The molecule has 0 spiro atoms. The zero-order valence-electron chi connectivity index (χ0n) is 10.7. The van der Waals surface area contributed by atoms with Gasteiger partial charge in [-0.2, -0.15) is 0 Å². The quantitative estimate of drug-likeness (QED) is 0.580. The van der Waals surface area contributed by atoms with Gasteiger partial charge in [0, 0.05) is 22.4 Å². The second kappa shape index (κ2) is 5.46. The van der Waals surface area contributed by atoms with Crippen molar-refractivity contribution in [1.29, 1.82) is 0 Å². The number of carbonyl (C=O) groups is 3. The summed E-state index contributed by atoms with van der Waals surface area (Å²) in [5, 5.41) is 21.9. The van der Waals surface area contributed by atoms with Gasteiger partial charge in [-0.05, 0) is 35.9 Å². The average molecular weight is 283 g/mol. The van der Waals surface area contributed by atoms with E-state index in [1.807, 2.05) is 0 Å². The first-order chi connectivity index (χ1) is 9.90. The van der Waals surface area contributed by atoms with Gasteiger partial charge in [0.25, 0.3) is 0 Å². The van der Waals surface area contributed by atoms with E-state index in [9.17, 15) is 24.6 Å². The highest BCUT2D eigenvalue weighted by molar-refractivity contribution is 6.14. The Morgan fingerprint density at radius 3 is 1.86 bits per heavy atom. The maximum atomic E-state index is 12.3. The fourth-order valence-corrected chi connectivity index (χ4v) is 1.83. The molecule has 0 atom stereocenters. The zero-order chi connectivity index (χ0) is 15.6. The molecule has 0 heterocycles. The zero-order valence-corrected chi connectivity index (χ0v) is 10.7.